The predicted molar refractivity (Wildman–Crippen MR) is 69.5 cm³/mol. The van der Waals surface area contributed by atoms with Crippen LogP contribution < -0.4 is 17.0 Å². The van der Waals surface area contributed by atoms with Crippen LogP contribution in [0.3, 0.4) is 0 Å². The number of rotatable bonds is 6. The molecule has 0 bridgehead atoms. The van der Waals surface area contributed by atoms with Crippen molar-refractivity contribution in [2.24, 2.45) is 0 Å². The highest BCUT2D eigenvalue weighted by molar-refractivity contribution is 5.74. The van der Waals surface area contributed by atoms with Gasteiger partial charge in [0.05, 0.1) is 26.7 Å². The molecule has 0 aliphatic carbocycles. The van der Waals surface area contributed by atoms with Crippen molar-refractivity contribution in [3.8, 4) is 0 Å². The molecule has 0 aromatic rings. The maximum atomic E-state index is 12.0. The summed E-state index contributed by atoms with van der Waals surface area (Å²) >= 11 is 0. The Hall–Kier alpha value is -0.610. The van der Waals surface area contributed by atoms with Crippen LogP contribution in [0.15, 0.2) is 25.3 Å². The number of likely N-dealkylation sites (tertiary alicyclic amines) is 1. The van der Waals surface area contributed by atoms with Crippen molar-refractivity contribution in [1.82, 2.24) is 0 Å². The Balaban J connectivity index is 0.00000289. The largest absolute Gasteiger partial charge is 1.00 e. The third-order valence-electron chi connectivity index (χ3n) is 3.72. The number of hydrogen-bond acceptors (Lipinski definition) is 2. The van der Waals surface area contributed by atoms with Gasteiger partial charge in [-0.05, 0) is 25.3 Å². The van der Waals surface area contributed by atoms with Gasteiger partial charge in [-0.15, -0.1) is 6.58 Å². The van der Waals surface area contributed by atoms with E-state index in [4.69, 9.17) is 4.74 Å². The van der Waals surface area contributed by atoms with Gasteiger partial charge >= 0.3 is 5.97 Å². The number of hydrogen-bond donors (Lipinski definition) is 0. The van der Waals surface area contributed by atoms with Crippen LogP contribution in [0.25, 0.3) is 0 Å². The highest BCUT2D eigenvalue weighted by Crippen LogP contribution is 2.26. The molecule has 4 heteroatoms. The first-order chi connectivity index (χ1) is 8.20. The second-order valence-electron chi connectivity index (χ2n) is 4.76. The average Bonchev–Trinajstić information content (AvgIpc) is 2.36. The Bertz CT molecular complexity index is 286. The minimum Gasteiger partial charge on any atom is -1.00 e. The molecule has 3 nitrogen and oxygen atoms in total. The van der Waals surface area contributed by atoms with Crippen molar-refractivity contribution in [2.45, 2.75) is 31.7 Å². The first-order valence-electron chi connectivity index (χ1n) is 6.35. The Kier molecular flexibility index (Phi) is 8.20. The Labute approximate surface area is 121 Å². The number of nitrogens with zero attached hydrogens (tertiary/aromatic N) is 1. The Morgan fingerprint density at radius 2 is 1.89 bits per heavy atom. The topological polar surface area (TPSA) is 26.3 Å². The third kappa shape index (κ3) is 3.95. The van der Waals surface area contributed by atoms with Crippen molar-refractivity contribution in [3.63, 3.8) is 0 Å². The summed E-state index contributed by atoms with van der Waals surface area (Å²) in [6, 6.07) is -0.115. The molecule has 1 rings (SSSR count). The highest BCUT2D eigenvalue weighted by Gasteiger charge is 2.41. The Morgan fingerprint density at radius 3 is 2.33 bits per heavy atom. The number of esters is 1. The Morgan fingerprint density at radius 1 is 1.28 bits per heavy atom. The van der Waals surface area contributed by atoms with Crippen molar-refractivity contribution in [1.29, 1.82) is 0 Å². The van der Waals surface area contributed by atoms with E-state index >= 15 is 0 Å². The number of carbonyl (C=O) groups is 1. The van der Waals surface area contributed by atoms with E-state index in [0.717, 1.165) is 24.1 Å². The lowest BCUT2D eigenvalue weighted by molar-refractivity contribution is -0.942. The summed E-state index contributed by atoms with van der Waals surface area (Å²) in [6.45, 7) is 10.5. The lowest BCUT2D eigenvalue weighted by atomic mass is 10.0. The fraction of sp³-hybridized carbons (Fsp3) is 0.643. The summed E-state index contributed by atoms with van der Waals surface area (Å²) in [6.07, 6.45) is 8.04. The van der Waals surface area contributed by atoms with Crippen LogP contribution in [0.1, 0.15) is 25.7 Å². The third-order valence-corrected chi connectivity index (χ3v) is 3.72. The van der Waals surface area contributed by atoms with E-state index in [0.29, 0.717) is 6.42 Å². The zero-order chi connectivity index (χ0) is 12.7. The number of ether oxygens (including phenoxy) is 1. The van der Waals surface area contributed by atoms with Crippen molar-refractivity contribution < 1.29 is 31.0 Å². The summed E-state index contributed by atoms with van der Waals surface area (Å²) in [4.78, 5) is 12.0. The molecular formula is C14H24BrNO2. The molecule has 0 amide bonds. The lowest BCUT2D eigenvalue weighted by Crippen LogP contribution is -3.00. The molecule has 0 radical (unpaired) electrons. The molecule has 104 valence electrons. The van der Waals surface area contributed by atoms with Crippen molar-refractivity contribution >= 4 is 5.97 Å². The van der Waals surface area contributed by atoms with Crippen LogP contribution in [0.5, 0.6) is 0 Å². The van der Waals surface area contributed by atoms with Gasteiger partial charge in [0.2, 0.25) is 0 Å². The summed E-state index contributed by atoms with van der Waals surface area (Å²) in [5, 5.41) is 0. The van der Waals surface area contributed by atoms with Crippen LogP contribution in [0.2, 0.25) is 0 Å². The molecule has 0 saturated carbocycles. The normalized spacial score (nSPS) is 19.2. The molecule has 0 aromatic carbocycles. The number of quaternary nitrogens is 1. The molecular weight excluding hydrogens is 294 g/mol. The highest BCUT2D eigenvalue weighted by atomic mass is 79.9. The fourth-order valence-corrected chi connectivity index (χ4v) is 2.86. The van der Waals surface area contributed by atoms with Gasteiger partial charge in [0.15, 0.2) is 6.04 Å². The number of halogens is 1. The summed E-state index contributed by atoms with van der Waals surface area (Å²) < 4.78 is 5.75. The van der Waals surface area contributed by atoms with Gasteiger partial charge in [-0.3, -0.25) is 0 Å². The van der Waals surface area contributed by atoms with Gasteiger partial charge in [0.1, 0.15) is 0 Å². The second kappa shape index (κ2) is 8.48. The SMILES string of the molecule is C=CCC(C(=O)OC)[N+]1(CC=C)CCCCC1.[Br-]. The van der Waals surface area contributed by atoms with Crippen LogP contribution in [0.4, 0.5) is 0 Å². The van der Waals surface area contributed by atoms with E-state index in [-0.39, 0.29) is 29.0 Å². The predicted octanol–water partition coefficient (Wildman–Crippen LogP) is -0.705. The monoisotopic (exact) mass is 317 g/mol. The zero-order valence-electron chi connectivity index (χ0n) is 11.2. The number of piperidine rings is 1. The smallest absolute Gasteiger partial charge is 0.365 e. The summed E-state index contributed by atoms with van der Waals surface area (Å²) in [7, 11) is 1.47. The molecule has 0 spiro atoms. The van der Waals surface area contributed by atoms with Crippen molar-refractivity contribution in [3.05, 3.63) is 25.3 Å². The van der Waals surface area contributed by atoms with Gasteiger partial charge in [-0.1, -0.05) is 12.7 Å². The van der Waals surface area contributed by atoms with E-state index < -0.39 is 0 Å². The standard InChI is InChI=1S/C14H24NO2.BrH/c1-4-9-13(14(16)17-3)15(10-5-2)11-7-6-8-12-15;/h4-5,13H,1-2,6-12H2,3H3;1H/q+1;/p-1. The molecule has 1 aliphatic heterocycles. The minimum atomic E-state index is -0.117. The van der Waals surface area contributed by atoms with E-state index in [2.05, 4.69) is 13.2 Å². The van der Waals surface area contributed by atoms with Gasteiger partial charge in [0.25, 0.3) is 0 Å². The molecule has 0 N–H and O–H groups in total. The summed E-state index contributed by atoms with van der Waals surface area (Å²) in [5.41, 5.74) is 0. The van der Waals surface area contributed by atoms with E-state index in [1.165, 1.54) is 26.4 Å². The first-order valence-corrected chi connectivity index (χ1v) is 6.35. The van der Waals surface area contributed by atoms with E-state index in [9.17, 15) is 4.79 Å². The molecule has 1 unspecified atom stereocenters. The zero-order valence-corrected chi connectivity index (χ0v) is 12.8. The van der Waals surface area contributed by atoms with Crippen LogP contribution in [-0.2, 0) is 9.53 Å². The minimum absolute atomic E-state index is 0. The van der Waals surface area contributed by atoms with Crippen LogP contribution in [-0.4, -0.2) is 43.2 Å². The molecule has 18 heavy (non-hydrogen) atoms. The quantitative estimate of drug-likeness (QED) is 0.368. The average molecular weight is 318 g/mol. The number of carbonyl (C=O) groups excluding carboxylic acids is 1. The maximum absolute atomic E-state index is 12.0. The molecule has 1 fully saturated rings. The van der Waals surface area contributed by atoms with Gasteiger partial charge in [0, 0.05) is 6.42 Å². The van der Waals surface area contributed by atoms with Gasteiger partial charge in [-0.2, -0.15) is 0 Å². The summed E-state index contributed by atoms with van der Waals surface area (Å²) in [5.74, 6) is -0.117. The van der Waals surface area contributed by atoms with E-state index in [1.807, 2.05) is 12.2 Å². The number of methoxy groups -OCH3 is 1. The van der Waals surface area contributed by atoms with Gasteiger partial charge in [-0.25, -0.2) is 4.79 Å². The second-order valence-corrected chi connectivity index (χ2v) is 4.76. The molecule has 0 aromatic heterocycles. The first kappa shape index (κ1) is 17.4. The molecule has 1 saturated heterocycles. The molecule has 1 aliphatic rings. The maximum Gasteiger partial charge on any atom is 0.365 e. The van der Waals surface area contributed by atoms with Crippen LogP contribution in [0, 0.1) is 0 Å². The fourth-order valence-electron chi connectivity index (χ4n) is 2.86. The molecule has 1 atom stereocenters. The van der Waals surface area contributed by atoms with Crippen molar-refractivity contribution in [2.75, 3.05) is 26.7 Å². The van der Waals surface area contributed by atoms with Crippen LogP contribution >= 0.6 is 0 Å². The lowest BCUT2D eigenvalue weighted by Gasteiger charge is -2.45. The van der Waals surface area contributed by atoms with E-state index in [1.54, 1.807) is 0 Å². The molecule has 1 heterocycles. The van der Waals surface area contributed by atoms with Gasteiger partial charge < -0.3 is 26.2 Å².